The third-order valence-electron chi connectivity index (χ3n) is 4.55. The fraction of sp³-hybridized carbons (Fsp3) is 0.444. The summed E-state index contributed by atoms with van der Waals surface area (Å²) in [6.45, 7) is 5.59. The van der Waals surface area contributed by atoms with E-state index in [9.17, 15) is 4.79 Å². The van der Waals surface area contributed by atoms with Crippen LogP contribution in [0.4, 0.5) is 0 Å². The SMILES string of the molecule is CC(C)CN1CC(c2noc(-c3cccnc3-n3cncn3)n2)CCC1=O. The van der Waals surface area contributed by atoms with Crippen molar-refractivity contribution in [3.8, 4) is 17.3 Å². The van der Waals surface area contributed by atoms with Gasteiger partial charge in [-0.2, -0.15) is 10.1 Å². The molecule has 9 nitrogen and oxygen atoms in total. The smallest absolute Gasteiger partial charge is 0.261 e. The Kier molecular flexibility index (Phi) is 4.66. The van der Waals surface area contributed by atoms with E-state index in [4.69, 9.17) is 4.52 Å². The number of aromatic nitrogens is 6. The Bertz CT molecular complexity index is 919. The van der Waals surface area contributed by atoms with E-state index in [1.165, 1.54) is 6.33 Å². The zero-order valence-corrected chi connectivity index (χ0v) is 15.3. The molecule has 27 heavy (non-hydrogen) atoms. The molecule has 1 aliphatic heterocycles. The second-order valence-corrected chi connectivity index (χ2v) is 7.10. The number of nitrogens with zero attached hydrogens (tertiary/aromatic N) is 7. The lowest BCUT2D eigenvalue weighted by atomic mass is 9.96. The number of carbonyl (C=O) groups is 1. The first-order chi connectivity index (χ1) is 13.1. The normalized spacial score (nSPS) is 17.7. The molecule has 1 aliphatic rings. The minimum Gasteiger partial charge on any atom is -0.342 e. The van der Waals surface area contributed by atoms with Gasteiger partial charge in [0.05, 0.1) is 5.56 Å². The zero-order chi connectivity index (χ0) is 18.8. The number of pyridine rings is 1. The van der Waals surface area contributed by atoms with E-state index in [0.717, 1.165) is 13.0 Å². The highest BCUT2D eigenvalue weighted by molar-refractivity contribution is 5.77. The molecular formula is C18H21N7O2. The van der Waals surface area contributed by atoms with E-state index < -0.39 is 0 Å². The van der Waals surface area contributed by atoms with Crippen molar-refractivity contribution in [2.75, 3.05) is 13.1 Å². The van der Waals surface area contributed by atoms with Crippen molar-refractivity contribution in [3.05, 3.63) is 36.8 Å². The molecule has 140 valence electrons. The van der Waals surface area contributed by atoms with Gasteiger partial charge >= 0.3 is 0 Å². The van der Waals surface area contributed by atoms with Crippen LogP contribution in [0.3, 0.4) is 0 Å². The van der Waals surface area contributed by atoms with Gasteiger partial charge in [0.25, 0.3) is 5.89 Å². The summed E-state index contributed by atoms with van der Waals surface area (Å²) >= 11 is 0. The Morgan fingerprint density at radius 2 is 2.26 bits per heavy atom. The van der Waals surface area contributed by atoms with E-state index in [1.807, 2.05) is 17.0 Å². The van der Waals surface area contributed by atoms with Crippen molar-refractivity contribution in [2.24, 2.45) is 5.92 Å². The van der Waals surface area contributed by atoms with Crippen LogP contribution in [0.1, 0.15) is 38.4 Å². The summed E-state index contributed by atoms with van der Waals surface area (Å²) in [5.74, 6) is 2.28. The van der Waals surface area contributed by atoms with Gasteiger partial charge in [-0.3, -0.25) is 4.79 Å². The van der Waals surface area contributed by atoms with Crippen LogP contribution in [0.15, 0.2) is 35.5 Å². The Morgan fingerprint density at radius 3 is 3.04 bits per heavy atom. The molecule has 3 aromatic rings. The van der Waals surface area contributed by atoms with Crippen LogP contribution in [0.2, 0.25) is 0 Å². The summed E-state index contributed by atoms with van der Waals surface area (Å²) in [4.78, 5) is 27.0. The maximum atomic E-state index is 12.1. The first kappa shape index (κ1) is 17.3. The maximum absolute atomic E-state index is 12.1. The number of likely N-dealkylation sites (tertiary alicyclic amines) is 1. The van der Waals surface area contributed by atoms with Gasteiger partial charge in [-0.15, -0.1) is 0 Å². The molecule has 1 atom stereocenters. The van der Waals surface area contributed by atoms with E-state index in [1.54, 1.807) is 17.2 Å². The van der Waals surface area contributed by atoms with Crippen molar-refractivity contribution >= 4 is 5.91 Å². The minimum atomic E-state index is 0.0745. The molecule has 0 radical (unpaired) electrons. The van der Waals surface area contributed by atoms with Gasteiger partial charge in [0.15, 0.2) is 11.6 Å². The number of hydrogen-bond donors (Lipinski definition) is 0. The number of carbonyl (C=O) groups excluding carboxylic acids is 1. The molecule has 9 heteroatoms. The number of amides is 1. The second-order valence-electron chi connectivity index (χ2n) is 7.10. The predicted octanol–water partition coefficient (Wildman–Crippen LogP) is 2.07. The Morgan fingerprint density at radius 1 is 1.37 bits per heavy atom. The topological polar surface area (TPSA) is 103 Å². The molecule has 0 aromatic carbocycles. The van der Waals surface area contributed by atoms with E-state index in [0.29, 0.717) is 42.0 Å². The van der Waals surface area contributed by atoms with E-state index >= 15 is 0 Å². The van der Waals surface area contributed by atoms with Gasteiger partial charge in [-0.1, -0.05) is 19.0 Å². The maximum Gasteiger partial charge on any atom is 0.261 e. The van der Waals surface area contributed by atoms with Gasteiger partial charge in [0.2, 0.25) is 5.91 Å². The molecule has 0 aliphatic carbocycles. The highest BCUT2D eigenvalue weighted by atomic mass is 16.5. The Balaban J connectivity index is 1.59. The van der Waals surface area contributed by atoms with Crippen LogP contribution < -0.4 is 0 Å². The van der Waals surface area contributed by atoms with Crippen molar-refractivity contribution in [3.63, 3.8) is 0 Å². The number of rotatable bonds is 5. The first-order valence-corrected chi connectivity index (χ1v) is 9.03. The predicted molar refractivity (Wildman–Crippen MR) is 95.8 cm³/mol. The van der Waals surface area contributed by atoms with Gasteiger partial charge in [0.1, 0.15) is 12.7 Å². The molecule has 3 aromatic heterocycles. The van der Waals surface area contributed by atoms with E-state index in [2.05, 4.69) is 39.1 Å². The summed E-state index contributed by atoms with van der Waals surface area (Å²) in [5, 5.41) is 8.30. The zero-order valence-electron chi connectivity index (χ0n) is 15.3. The molecule has 1 unspecified atom stereocenters. The summed E-state index contributed by atoms with van der Waals surface area (Å²) in [7, 11) is 0. The van der Waals surface area contributed by atoms with Crippen LogP contribution in [0.25, 0.3) is 17.3 Å². The summed E-state index contributed by atoms with van der Waals surface area (Å²) < 4.78 is 7.08. The number of piperidine rings is 1. The quantitative estimate of drug-likeness (QED) is 0.680. The van der Waals surface area contributed by atoms with Crippen LogP contribution in [-0.2, 0) is 4.79 Å². The fourth-order valence-electron chi connectivity index (χ4n) is 3.32. The Labute approximate surface area is 156 Å². The lowest BCUT2D eigenvalue weighted by molar-refractivity contribution is -0.134. The molecular weight excluding hydrogens is 346 g/mol. The van der Waals surface area contributed by atoms with Gasteiger partial charge in [-0.25, -0.2) is 14.6 Å². The third kappa shape index (κ3) is 3.57. The Hall–Kier alpha value is -3.10. The fourth-order valence-corrected chi connectivity index (χ4v) is 3.32. The minimum absolute atomic E-state index is 0.0745. The first-order valence-electron chi connectivity index (χ1n) is 9.03. The highest BCUT2D eigenvalue weighted by Crippen LogP contribution is 2.29. The molecule has 0 spiro atoms. The van der Waals surface area contributed by atoms with Crippen LogP contribution in [0, 0.1) is 5.92 Å². The molecule has 4 rings (SSSR count). The lowest BCUT2D eigenvalue weighted by Gasteiger charge is -2.32. The largest absolute Gasteiger partial charge is 0.342 e. The number of hydrogen-bond acceptors (Lipinski definition) is 7. The lowest BCUT2D eigenvalue weighted by Crippen LogP contribution is -2.41. The van der Waals surface area contributed by atoms with Crippen LogP contribution in [-0.4, -0.2) is 53.8 Å². The molecule has 0 saturated carbocycles. The van der Waals surface area contributed by atoms with Crippen LogP contribution in [0.5, 0.6) is 0 Å². The van der Waals surface area contributed by atoms with Crippen molar-refractivity contribution in [1.29, 1.82) is 0 Å². The van der Waals surface area contributed by atoms with Crippen molar-refractivity contribution in [1.82, 2.24) is 34.8 Å². The molecule has 1 saturated heterocycles. The van der Waals surface area contributed by atoms with Crippen molar-refractivity contribution < 1.29 is 9.32 Å². The second kappa shape index (κ2) is 7.26. The summed E-state index contributed by atoms with van der Waals surface area (Å²) in [6.07, 6.45) is 5.93. The van der Waals surface area contributed by atoms with Gasteiger partial charge in [0, 0.05) is 31.6 Å². The molecule has 1 amide bonds. The summed E-state index contributed by atoms with van der Waals surface area (Å²) in [5.41, 5.74) is 0.688. The van der Waals surface area contributed by atoms with E-state index in [-0.39, 0.29) is 11.8 Å². The standard InChI is InChI=1S/C18H21N7O2/c1-12(2)8-24-9-13(5-6-15(24)26)16-22-18(27-23-16)14-4-3-7-20-17(14)25-11-19-10-21-25/h3-4,7,10-13H,5-6,8-9H2,1-2H3. The van der Waals surface area contributed by atoms with Crippen LogP contribution >= 0.6 is 0 Å². The molecule has 0 bridgehead atoms. The highest BCUT2D eigenvalue weighted by Gasteiger charge is 2.30. The summed E-state index contributed by atoms with van der Waals surface area (Å²) in [6, 6.07) is 3.67. The average Bonchev–Trinajstić information content (AvgIpc) is 3.35. The van der Waals surface area contributed by atoms with Gasteiger partial charge < -0.3 is 9.42 Å². The molecule has 1 fully saturated rings. The average molecular weight is 367 g/mol. The third-order valence-corrected chi connectivity index (χ3v) is 4.55. The van der Waals surface area contributed by atoms with Crippen molar-refractivity contribution in [2.45, 2.75) is 32.6 Å². The van der Waals surface area contributed by atoms with Gasteiger partial charge in [-0.05, 0) is 24.5 Å². The monoisotopic (exact) mass is 367 g/mol. The molecule has 4 heterocycles. The molecule has 0 N–H and O–H groups in total.